The molecule has 0 atom stereocenters. The maximum atomic E-state index is 5.32. The molecule has 1 aliphatic carbocycles. The Kier molecular flexibility index (Phi) is 3.67. The summed E-state index contributed by atoms with van der Waals surface area (Å²) in [5.74, 6) is 2.46. The van der Waals surface area contributed by atoms with Crippen LogP contribution in [0.3, 0.4) is 0 Å². The Balaban J connectivity index is 1.78. The van der Waals surface area contributed by atoms with Crippen molar-refractivity contribution in [2.24, 2.45) is 0 Å². The van der Waals surface area contributed by atoms with Gasteiger partial charge < -0.3 is 9.84 Å². The zero-order valence-electron chi connectivity index (χ0n) is 12.0. The SMILES string of the molecule is CC(C)c1noc(-c2ccnc(NC3CCCC3)c2)n1. The summed E-state index contributed by atoms with van der Waals surface area (Å²) in [4.78, 5) is 8.79. The number of hydrogen-bond acceptors (Lipinski definition) is 5. The third-order valence-electron chi connectivity index (χ3n) is 3.67. The van der Waals surface area contributed by atoms with E-state index < -0.39 is 0 Å². The molecule has 1 N–H and O–H groups in total. The maximum Gasteiger partial charge on any atom is 0.258 e. The van der Waals surface area contributed by atoms with Crippen LogP contribution < -0.4 is 5.32 Å². The topological polar surface area (TPSA) is 63.8 Å². The van der Waals surface area contributed by atoms with Crippen molar-refractivity contribution < 1.29 is 4.52 Å². The van der Waals surface area contributed by atoms with Crippen LogP contribution in [0.5, 0.6) is 0 Å². The number of pyridine rings is 1. The van der Waals surface area contributed by atoms with E-state index >= 15 is 0 Å². The van der Waals surface area contributed by atoms with Gasteiger partial charge in [0.15, 0.2) is 5.82 Å². The second-order valence-electron chi connectivity index (χ2n) is 5.67. The van der Waals surface area contributed by atoms with Crippen LogP contribution in [0.15, 0.2) is 22.9 Å². The fraction of sp³-hybridized carbons (Fsp3) is 0.533. The fourth-order valence-electron chi connectivity index (χ4n) is 2.51. The first-order valence-corrected chi connectivity index (χ1v) is 7.29. The van der Waals surface area contributed by atoms with Crippen LogP contribution in [0.25, 0.3) is 11.5 Å². The van der Waals surface area contributed by atoms with E-state index in [1.807, 2.05) is 26.0 Å². The van der Waals surface area contributed by atoms with E-state index in [0.29, 0.717) is 11.9 Å². The summed E-state index contributed by atoms with van der Waals surface area (Å²) in [6, 6.07) is 4.43. The van der Waals surface area contributed by atoms with Gasteiger partial charge in [0, 0.05) is 23.7 Å². The van der Waals surface area contributed by atoms with Crippen molar-refractivity contribution in [3.05, 3.63) is 24.2 Å². The van der Waals surface area contributed by atoms with Gasteiger partial charge in [0.2, 0.25) is 0 Å². The number of anilines is 1. The molecule has 1 fully saturated rings. The van der Waals surface area contributed by atoms with E-state index in [9.17, 15) is 0 Å². The van der Waals surface area contributed by atoms with Crippen LogP contribution in [-0.2, 0) is 0 Å². The Bertz CT molecular complexity index is 573. The quantitative estimate of drug-likeness (QED) is 0.921. The molecule has 0 aromatic carbocycles. The van der Waals surface area contributed by atoms with Crippen molar-refractivity contribution in [2.75, 3.05) is 5.32 Å². The second-order valence-corrected chi connectivity index (χ2v) is 5.67. The number of hydrogen-bond donors (Lipinski definition) is 1. The molecule has 20 heavy (non-hydrogen) atoms. The minimum Gasteiger partial charge on any atom is -0.367 e. The van der Waals surface area contributed by atoms with Gasteiger partial charge in [0.1, 0.15) is 5.82 Å². The summed E-state index contributed by atoms with van der Waals surface area (Å²) >= 11 is 0. The van der Waals surface area contributed by atoms with Crippen molar-refractivity contribution in [1.29, 1.82) is 0 Å². The summed E-state index contributed by atoms with van der Waals surface area (Å²) in [6.07, 6.45) is 6.84. The first-order valence-electron chi connectivity index (χ1n) is 7.29. The van der Waals surface area contributed by atoms with Gasteiger partial charge in [-0.1, -0.05) is 31.8 Å². The van der Waals surface area contributed by atoms with Crippen molar-refractivity contribution in [1.82, 2.24) is 15.1 Å². The normalized spacial score (nSPS) is 15.9. The van der Waals surface area contributed by atoms with Gasteiger partial charge in [0.05, 0.1) is 0 Å². The molecule has 0 amide bonds. The first kappa shape index (κ1) is 13.1. The molecule has 106 valence electrons. The lowest BCUT2D eigenvalue weighted by atomic mass is 10.2. The number of nitrogens with one attached hydrogen (secondary N) is 1. The van der Waals surface area contributed by atoms with Gasteiger partial charge in [-0.3, -0.25) is 0 Å². The molecule has 2 heterocycles. The van der Waals surface area contributed by atoms with Gasteiger partial charge in [-0.25, -0.2) is 4.98 Å². The summed E-state index contributed by atoms with van der Waals surface area (Å²) in [5, 5.41) is 7.48. The van der Waals surface area contributed by atoms with Gasteiger partial charge in [-0.2, -0.15) is 4.98 Å². The van der Waals surface area contributed by atoms with Crippen molar-refractivity contribution in [2.45, 2.75) is 51.5 Å². The Labute approximate surface area is 118 Å². The van der Waals surface area contributed by atoms with E-state index in [1.54, 1.807) is 6.20 Å². The number of aromatic nitrogens is 3. The highest BCUT2D eigenvalue weighted by Crippen LogP contribution is 2.24. The zero-order chi connectivity index (χ0) is 13.9. The van der Waals surface area contributed by atoms with Gasteiger partial charge in [0.25, 0.3) is 5.89 Å². The molecular formula is C15H20N4O. The molecule has 1 saturated carbocycles. The minimum atomic E-state index is 0.269. The molecular weight excluding hydrogens is 252 g/mol. The Morgan fingerprint density at radius 1 is 1.30 bits per heavy atom. The summed E-state index contributed by atoms with van der Waals surface area (Å²) in [6.45, 7) is 4.10. The fourth-order valence-corrected chi connectivity index (χ4v) is 2.51. The highest BCUT2D eigenvalue weighted by Gasteiger charge is 2.16. The molecule has 2 aromatic rings. The van der Waals surface area contributed by atoms with Gasteiger partial charge in [-0.05, 0) is 25.0 Å². The predicted molar refractivity (Wildman–Crippen MR) is 77.5 cm³/mol. The third kappa shape index (κ3) is 2.81. The molecule has 2 aromatic heterocycles. The van der Waals surface area contributed by atoms with Crippen molar-refractivity contribution in [3.63, 3.8) is 0 Å². The van der Waals surface area contributed by atoms with Crippen LogP contribution in [0.1, 0.15) is 51.3 Å². The summed E-state index contributed by atoms with van der Waals surface area (Å²) in [5.41, 5.74) is 0.917. The largest absolute Gasteiger partial charge is 0.367 e. The van der Waals surface area contributed by atoms with Crippen LogP contribution in [0.4, 0.5) is 5.82 Å². The first-order chi connectivity index (χ1) is 9.72. The molecule has 0 spiro atoms. The summed E-state index contributed by atoms with van der Waals surface area (Å²) in [7, 11) is 0. The molecule has 0 saturated heterocycles. The average molecular weight is 272 g/mol. The lowest BCUT2D eigenvalue weighted by molar-refractivity contribution is 0.419. The Morgan fingerprint density at radius 2 is 2.10 bits per heavy atom. The van der Waals surface area contributed by atoms with Crippen LogP contribution in [0.2, 0.25) is 0 Å². The molecule has 0 bridgehead atoms. The molecule has 0 unspecified atom stereocenters. The monoisotopic (exact) mass is 272 g/mol. The van der Waals surface area contributed by atoms with Crippen molar-refractivity contribution in [3.8, 4) is 11.5 Å². The van der Waals surface area contributed by atoms with Gasteiger partial charge >= 0.3 is 0 Å². The average Bonchev–Trinajstić information content (AvgIpc) is 3.09. The molecule has 0 aliphatic heterocycles. The summed E-state index contributed by atoms with van der Waals surface area (Å²) < 4.78 is 5.32. The van der Waals surface area contributed by atoms with Crippen LogP contribution in [-0.4, -0.2) is 21.2 Å². The molecule has 3 rings (SSSR count). The standard InChI is InChI=1S/C15H20N4O/c1-10(2)14-18-15(20-19-14)11-7-8-16-13(9-11)17-12-5-3-4-6-12/h7-10,12H,3-6H2,1-2H3,(H,16,17). The van der Waals surface area contributed by atoms with Crippen molar-refractivity contribution >= 4 is 5.82 Å². The van der Waals surface area contributed by atoms with E-state index in [2.05, 4.69) is 20.4 Å². The zero-order valence-corrected chi connectivity index (χ0v) is 12.0. The molecule has 5 nitrogen and oxygen atoms in total. The van der Waals surface area contributed by atoms with Crippen LogP contribution in [0, 0.1) is 0 Å². The maximum absolute atomic E-state index is 5.32. The molecule has 1 aliphatic rings. The van der Waals surface area contributed by atoms with Gasteiger partial charge in [-0.15, -0.1) is 0 Å². The smallest absolute Gasteiger partial charge is 0.258 e. The lowest BCUT2D eigenvalue weighted by Crippen LogP contribution is -2.15. The van der Waals surface area contributed by atoms with Crippen LogP contribution >= 0.6 is 0 Å². The molecule has 0 radical (unpaired) electrons. The van der Waals surface area contributed by atoms with E-state index in [0.717, 1.165) is 17.2 Å². The minimum absolute atomic E-state index is 0.269. The van der Waals surface area contributed by atoms with E-state index in [-0.39, 0.29) is 5.92 Å². The molecule has 5 heteroatoms. The second kappa shape index (κ2) is 5.61. The Hall–Kier alpha value is -1.91. The van der Waals surface area contributed by atoms with E-state index in [1.165, 1.54) is 25.7 Å². The number of nitrogens with zero attached hydrogens (tertiary/aromatic N) is 3. The third-order valence-corrected chi connectivity index (χ3v) is 3.67. The lowest BCUT2D eigenvalue weighted by Gasteiger charge is -2.12. The van der Waals surface area contributed by atoms with E-state index in [4.69, 9.17) is 4.52 Å². The number of rotatable bonds is 4. The highest BCUT2D eigenvalue weighted by molar-refractivity contribution is 5.58. The Morgan fingerprint density at radius 3 is 2.80 bits per heavy atom. The highest BCUT2D eigenvalue weighted by atomic mass is 16.5. The predicted octanol–water partition coefficient (Wildman–Crippen LogP) is 3.61.